The first-order valence-electron chi connectivity index (χ1n) is 9.11. The number of ether oxygens (including phenoxy) is 1. The van der Waals surface area contributed by atoms with Crippen molar-refractivity contribution in [1.82, 2.24) is 10.2 Å². The highest BCUT2D eigenvalue weighted by Gasteiger charge is 2.60. The average molecular weight is 397 g/mol. The molecular weight excluding hydrogens is 378 g/mol. The molecule has 3 amide bonds. The zero-order chi connectivity index (χ0) is 20.6. The van der Waals surface area contributed by atoms with Crippen LogP contribution in [0.15, 0.2) is 47.1 Å². The molecule has 1 atom stereocenters. The third kappa shape index (κ3) is 2.95. The zero-order valence-corrected chi connectivity index (χ0v) is 15.7. The van der Waals surface area contributed by atoms with Gasteiger partial charge in [0, 0.05) is 19.9 Å². The van der Waals surface area contributed by atoms with Gasteiger partial charge in [-0.15, -0.1) is 0 Å². The summed E-state index contributed by atoms with van der Waals surface area (Å²) >= 11 is 0. The van der Waals surface area contributed by atoms with Crippen LogP contribution >= 0.6 is 0 Å². The molecule has 4 rings (SSSR count). The smallest absolute Gasteiger partial charge is 0.354 e. The van der Waals surface area contributed by atoms with Gasteiger partial charge in [-0.2, -0.15) is 0 Å². The molecule has 0 saturated carbocycles. The molecular formula is C20H19N3O6. The summed E-state index contributed by atoms with van der Waals surface area (Å²) in [6, 6.07) is 10.0. The highest BCUT2D eigenvalue weighted by Crippen LogP contribution is 2.44. The number of benzene rings is 1. The van der Waals surface area contributed by atoms with Crippen molar-refractivity contribution in [2.45, 2.75) is 25.0 Å². The van der Waals surface area contributed by atoms with Crippen LogP contribution in [0.1, 0.15) is 29.0 Å². The molecule has 0 spiro atoms. The third-order valence-corrected chi connectivity index (χ3v) is 5.24. The number of nitrogens with one attached hydrogen (secondary N) is 1. The summed E-state index contributed by atoms with van der Waals surface area (Å²) in [4.78, 5) is 53.0. The third-order valence-electron chi connectivity index (χ3n) is 5.24. The van der Waals surface area contributed by atoms with E-state index in [4.69, 9.17) is 9.15 Å². The van der Waals surface area contributed by atoms with Crippen LogP contribution in [0.3, 0.4) is 0 Å². The lowest BCUT2D eigenvalue weighted by Gasteiger charge is -2.46. The van der Waals surface area contributed by atoms with Gasteiger partial charge in [-0.3, -0.25) is 19.3 Å². The lowest BCUT2D eigenvalue weighted by molar-refractivity contribution is -0.159. The lowest BCUT2D eigenvalue weighted by atomic mass is 9.97. The number of hydrogen-bond donors (Lipinski definition) is 1. The van der Waals surface area contributed by atoms with E-state index in [0.29, 0.717) is 17.0 Å². The van der Waals surface area contributed by atoms with E-state index in [2.05, 4.69) is 5.32 Å². The Morgan fingerprint density at radius 3 is 2.76 bits per heavy atom. The molecule has 0 radical (unpaired) electrons. The van der Waals surface area contributed by atoms with E-state index in [1.807, 2.05) is 0 Å². The fourth-order valence-corrected chi connectivity index (χ4v) is 3.79. The van der Waals surface area contributed by atoms with E-state index in [1.54, 1.807) is 36.4 Å². The summed E-state index contributed by atoms with van der Waals surface area (Å²) in [5.74, 6) is -1.44. The first kappa shape index (κ1) is 18.7. The predicted octanol–water partition coefficient (Wildman–Crippen LogP) is 1.05. The van der Waals surface area contributed by atoms with Gasteiger partial charge < -0.3 is 19.4 Å². The molecule has 1 aromatic carbocycles. The standard InChI is InChI=1S/C20H19N3O6/c1-22-18(26)14-6-2-3-7-15(14)23-17(25)8-9-20(22,23)19(27)29-12-16(24)21-11-13-5-4-10-28-13/h2-7,10H,8-9,11-12H2,1H3,(H,21,24)/t20-/m0/s1. The summed E-state index contributed by atoms with van der Waals surface area (Å²) in [5, 5.41) is 2.57. The number of esters is 1. The van der Waals surface area contributed by atoms with Crippen LogP contribution in [0.4, 0.5) is 5.69 Å². The Kier molecular flexibility index (Phi) is 4.57. The molecule has 9 heteroatoms. The summed E-state index contributed by atoms with van der Waals surface area (Å²) in [6.45, 7) is -0.377. The molecule has 2 aromatic rings. The van der Waals surface area contributed by atoms with Crippen molar-refractivity contribution >= 4 is 29.4 Å². The molecule has 1 saturated heterocycles. The molecule has 2 aliphatic heterocycles. The lowest BCUT2D eigenvalue weighted by Crippen LogP contribution is -2.67. The van der Waals surface area contributed by atoms with E-state index in [1.165, 1.54) is 23.1 Å². The second-order valence-electron chi connectivity index (χ2n) is 6.86. The Morgan fingerprint density at radius 1 is 1.21 bits per heavy atom. The fraction of sp³-hybridized carbons (Fsp3) is 0.300. The van der Waals surface area contributed by atoms with E-state index >= 15 is 0 Å². The van der Waals surface area contributed by atoms with Gasteiger partial charge >= 0.3 is 5.97 Å². The van der Waals surface area contributed by atoms with Crippen LogP contribution in [0.2, 0.25) is 0 Å². The quantitative estimate of drug-likeness (QED) is 0.756. The minimum absolute atomic E-state index is 0.0890. The second-order valence-corrected chi connectivity index (χ2v) is 6.86. The number of para-hydroxylation sites is 1. The van der Waals surface area contributed by atoms with E-state index in [9.17, 15) is 19.2 Å². The number of hydrogen-bond acceptors (Lipinski definition) is 6. The van der Waals surface area contributed by atoms with Gasteiger partial charge in [-0.05, 0) is 24.3 Å². The highest BCUT2D eigenvalue weighted by atomic mass is 16.5. The Bertz CT molecular complexity index is 986. The van der Waals surface area contributed by atoms with Crippen molar-refractivity contribution in [2.75, 3.05) is 18.6 Å². The molecule has 0 unspecified atom stereocenters. The largest absolute Gasteiger partial charge is 0.467 e. The van der Waals surface area contributed by atoms with Gasteiger partial charge in [-0.25, -0.2) is 4.79 Å². The van der Waals surface area contributed by atoms with Gasteiger partial charge in [-0.1, -0.05) is 12.1 Å². The number of furan rings is 1. The Balaban J connectivity index is 1.53. The number of carbonyl (C=O) groups is 4. The normalized spacial score (nSPS) is 20.3. The van der Waals surface area contributed by atoms with Crippen LogP contribution in [0.25, 0.3) is 0 Å². The van der Waals surface area contributed by atoms with E-state index in [0.717, 1.165) is 0 Å². The molecule has 9 nitrogen and oxygen atoms in total. The number of nitrogens with zero attached hydrogens (tertiary/aromatic N) is 2. The van der Waals surface area contributed by atoms with Crippen molar-refractivity contribution in [3.05, 3.63) is 54.0 Å². The Hall–Kier alpha value is -3.62. The molecule has 1 fully saturated rings. The van der Waals surface area contributed by atoms with Crippen LogP contribution in [-0.2, 0) is 25.7 Å². The van der Waals surface area contributed by atoms with Crippen molar-refractivity contribution in [3.63, 3.8) is 0 Å². The number of anilines is 1. The summed E-state index contributed by atoms with van der Waals surface area (Å²) < 4.78 is 10.4. The maximum atomic E-state index is 13.0. The number of fused-ring (bicyclic) bond motifs is 3. The maximum Gasteiger partial charge on any atom is 0.354 e. The maximum absolute atomic E-state index is 13.0. The van der Waals surface area contributed by atoms with E-state index < -0.39 is 24.1 Å². The minimum atomic E-state index is -1.59. The summed E-state index contributed by atoms with van der Waals surface area (Å²) in [5.41, 5.74) is -0.883. The summed E-state index contributed by atoms with van der Waals surface area (Å²) in [6.07, 6.45) is 1.67. The van der Waals surface area contributed by atoms with Crippen LogP contribution < -0.4 is 10.2 Å². The van der Waals surface area contributed by atoms with Crippen molar-refractivity contribution in [3.8, 4) is 0 Å². The molecule has 0 bridgehead atoms. The number of likely N-dealkylation sites (N-methyl/N-ethyl adjacent to an activating group) is 1. The van der Waals surface area contributed by atoms with Gasteiger partial charge in [0.2, 0.25) is 11.6 Å². The van der Waals surface area contributed by atoms with Gasteiger partial charge in [0.1, 0.15) is 5.76 Å². The predicted molar refractivity (Wildman–Crippen MR) is 99.5 cm³/mol. The highest BCUT2D eigenvalue weighted by molar-refractivity contribution is 6.15. The molecule has 2 aliphatic rings. The van der Waals surface area contributed by atoms with Gasteiger partial charge in [0.05, 0.1) is 24.1 Å². The molecule has 150 valence electrons. The topological polar surface area (TPSA) is 109 Å². The van der Waals surface area contributed by atoms with Crippen LogP contribution in [0, 0.1) is 0 Å². The monoisotopic (exact) mass is 397 g/mol. The Labute approximate surface area is 166 Å². The SMILES string of the molecule is CN1C(=O)c2ccccc2N2C(=O)CC[C@]12C(=O)OCC(=O)NCc1ccco1. The van der Waals surface area contributed by atoms with Crippen LogP contribution in [0.5, 0.6) is 0 Å². The first-order chi connectivity index (χ1) is 13.9. The van der Waals surface area contributed by atoms with Crippen molar-refractivity contribution in [2.24, 2.45) is 0 Å². The Morgan fingerprint density at radius 2 is 2.00 bits per heavy atom. The molecule has 0 aliphatic carbocycles. The van der Waals surface area contributed by atoms with Crippen molar-refractivity contribution in [1.29, 1.82) is 0 Å². The van der Waals surface area contributed by atoms with Crippen LogP contribution in [-0.4, -0.2) is 47.9 Å². The second kappa shape index (κ2) is 7.08. The number of amides is 3. The van der Waals surface area contributed by atoms with E-state index in [-0.39, 0.29) is 31.2 Å². The fourth-order valence-electron chi connectivity index (χ4n) is 3.79. The molecule has 1 N–H and O–H groups in total. The molecule has 29 heavy (non-hydrogen) atoms. The number of carbonyl (C=O) groups excluding carboxylic acids is 4. The molecule has 3 heterocycles. The van der Waals surface area contributed by atoms with Gasteiger partial charge in [0.25, 0.3) is 11.8 Å². The minimum Gasteiger partial charge on any atom is -0.467 e. The average Bonchev–Trinajstić information content (AvgIpc) is 3.37. The zero-order valence-electron chi connectivity index (χ0n) is 15.7. The van der Waals surface area contributed by atoms with Crippen molar-refractivity contribution < 1.29 is 28.3 Å². The number of rotatable bonds is 5. The first-order valence-corrected chi connectivity index (χ1v) is 9.11. The van der Waals surface area contributed by atoms with Gasteiger partial charge in [0.15, 0.2) is 6.61 Å². The summed E-state index contributed by atoms with van der Waals surface area (Å²) in [7, 11) is 1.46. The molecule has 1 aromatic heterocycles.